The predicted octanol–water partition coefficient (Wildman–Crippen LogP) is 1.30. The maximum Gasteiger partial charge on any atom is 0.238 e. The van der Waals surface area contributed by atoms with Crippen LogP contribution >= 0.6 is 0 Å². The first-order valence-electron chi connectivity index (χ1n) is 5.31. The van der Waals surface area contributed by atoms with Crippen LogP contribution in [-0.2, 0) is 0 Å². The molecule has 3 N–H and O–H groups in total. The fraction of sp³-hybridized carbons (Fsp3) is 0.500. The van der Waals surface area contributed by atoms with Crippen LogP contribution < -0.4 is 5.73 Å². The van der Waals surface area contributed by atoms with Gasteiger partial charge in [0.15, 0.2) is 5.82 Å². The number of hydrogen-bond acceptors (Lipinski definition) is 5. The first kappa shape index (κ1) is 10.8. The summed E-state index contributed by atoms with van der Waals surface area (Å²) in [5.74, 6) is 1.68. The van der Waals surface area contributed by atoms with Gasteiger partial charge in [-0.3, -0.25) is 0 Å². The van der Waals surface area contributed by atoms with Gasteiger partial charge in [0.25, 0.3) is 0 Å². The summed E-state index contributed by atoms with van der Waals surface area (Å²) in [7, 11) is 0. The molecule has 2 aromatic rings. The van der Waals surface area contributed by atoms with Gasteiger partial charge in [-0.05, 0) is 6.42 Å². The Hall–Kier alpha value is -1.69. The topological polar surface area (TPSA) is 93.6 Å². The summed E-state index contributed by atoms with van der Waals surface area (Å²) < 4.78 is 5.17. The lowest BCUT2D eigenvalue weighted by Gasteiger charge is -2.12. The van der Waals surface area contributed by atoms with E-state index in [1.165, 1.54) is 0 Å². The molecule has 0 spiro atoms. The minimum absolute atomic E-state index is 0.0323. The number of nitrogens with one attached hydrogen (secondary N) is 1. The lowest BCUT2D eigenvalue weighted by Crippen LogP contribution is -2.25. The van der Waals surface area contributed by atoms with Gasteiger partial charge < -0.3 is 15.2 Å². The second kappa shape index (κ2) is 4.44. The van der Waals surface area contributed by atoms with Crippen LogP contribution in [0.4, 0.5) is 0 Å². The van der Waals surface area contributed by atoms with E-state index in [0.29, 0.717) is 17.5 Å². The van der Waals surface area contributed by atoms with Crippen LogP contribution in [0, 0.1) is 0 Å². The Morgan fingerprint density at radius 1 is 1.56 bits per heavy atom. The maximum atomic E-state index is 5.93. The van der Waals surface area contributed by atoms with E-state index in [1.807, 2.05) is 13.8 Å². The second-order valence-corrected chi connectivity index (χ2v) is 3.75. The summed E-state index contributed by atoms with van der Waals surface area (Å²) in [6, 6.07) is 0.0323. The molecule has 2 aromatic heterocycles. The van der Waals surface area contributed by atoms with Crippen molar-refractivity contribution >= 4 is 0 Å². The maximum absolute atomic E-state index is 5.93. The molecule has 0 aliphatic carbocycles. The van der Waals surface area contributed by atoms with E-state index in [-0.39, 0.29) is 12.0 Å². The first-order valence-corrected chi connectivity index (χ1v) is 5.31. The molecule has 0 aliphatic rings. The van der Waals surface area contributed by atoms with Crippen LogP contribution in [0.25, 0.3) is 11.6 Å². The number of hydrogen-bond donors (Lipinski definition) is 2. The van der Waals surface area contributed by atoms with Crippen LogP contribution in [0.15, 0.2) is 16.9 Å². The van der Waals surface area contributed by atoms with E-state index in [1.54, 1.807) is 12.4 Å². The van der Waals surface area contributed by atoms with Gasteiger partial charge in [0.2, 0.25) is 11.7 Å². The minimum atomic E-state index is 0.0323. The van der Waals surface area contributed by atoms with Crippen LogP contribution in [-0.4, -0.2) is 26.2 Å². The Labute approximate surface area is 93.3 Å². The van der Waals surface area contributed by atoms with Crippen molar-refractivity contribution in [1.29, 1.82) is 0 Å². The quantitative estimate of drug-likeness (QED) is 0.811. The number of aromatic nitrogens is 4. The molecule has 6 nitrogen and oxygen atoms in total. The van der Waals surface area contributed by atoms with Gasteiger partial charge in [0.05, 0.1) is 5.92 Å². The van der Waals surface area contributed by atoms with Crippen molar-refractivity contribution in [2.24, 2.45) is 5.73 Å². The number of imidazole rings is 1. The molecule has 2 atom stereocenters. The lowest BCUT2D eigenvalue weighted by atomic mass is 10.0. The van der Waals surface area contributed by atoms with E-state index in [0.717, 1.165) is 6.42 Å². The Morgan fingerprint density at radius 3 is 3.00 bits per heavy atom. The average Bonchev–Trinajstić information content (AvgIpc) is 2.96. The number of nitrogens with two attached hydrogens (primary N) is 1. The first-order chi connectivity index (χ1) is 7.72. The number of aromatic amines is 1. The van der Waals surface area contributed by atoms with Crippen molar-refractivity contribution in [2.45, 2.75) is 32.2 Å². The van der Waals surface area contributed by atoms with Gasteiger partial charge in [-0.25, -0.2) is 4.98 Å². The second-order valence-electron chi connectivity index (χ2n) is 3.75. The third kappa shape index (κ3) is 1.96. The van der Waals surface area contributed by atoms with Gasteiger partial charge in [0.1, 0.15) is 0 Å². The third-order valence-electron chi connectivity index (χ3n) is 2.65. The van der Waals surface area contributed by atoms with Crippen molar-refractivity contribution in [3.63, 3.8) is 0 Å². The molecule has 0 fully saturated rings. The number of rotatable bonds is 4. The number of H-pyrrole nitrogens is 1. The predicted molar refractivity (Wildman–Crippen MR) is 58.6 cm³/mol. The molecule has 0 bridgehead atoms. The van der Waals surface area contributed by atoms with Crippen molar-refractivity contribution in [2.75, 3.05) is 0 Å². The summed E-state index contributed by atoms with van der Waals surface area (Å²) in [6.07, 6.45) is 4.23. The molecule has 2 rings (SSSR count). The van der Waals surface area contributed by atoms with Crippen molar-refractivity contribution in [3.05, 3.63) is 18.3 Å². The Morgan fingerprint density at radius 2 is 2.38 bits per heavy atom. The summed E-state index contributed by atoms with van der Waals surface area (Å²) in [5.41, 5.74) is 5.93. The molecule has 0 aliphatic heterocycles. The summed E-state index contributed by atoms with van der Waals surface area (Å²) >= 11 is 0. The molecule has 0 aromatic carbocycles. The van der Waals surface area contributed by atoms with Crippen LogP contribution in [0.1, 0.15) is 32.1 Å². The van der Waals surface area contributed by atoms with E-state index in [9.17, 15) is 0 Å². The summed E-state index contributed by atoms with van der Waals surface area (Å²) in [6.45, 7) is 4.01. The molecule has 6 heteroatoms. The Bertz CT molecular complexity index is 436. The standard InChI is InChI=1S/C10H15N5O/c1-3-7(11)6(2)10-14-9(15-16-10)8-12-4-5-13-8/h4-7H,3,11H2,1-2H3,(H,12,13). The van der Waals surface area contributed by atoms with E-state index in [2.05, 4.69) is 20.1 Å². The SMILES string of the molecule is CCC(N)C(C)c1nc(-c2ncc[nH]2)no1. The smallest absolute Gasteiger partial charge is 0.238 e. The zero-order valence-electron chi connectivity index (χ0n) is 9.34. The van der Waals surface area contributed by atoms with Crippen LogP contribution in [0.3, 0.4) is 0 Å². The molecule has 0 amide bonds. The van der Waals surface area contributed by atoms with Crippen molar-refractivity contribution < 1.29 is 4.52 Å². The molecule has 16 heavy (non-hydrogen) atoms. The Balaban J connectivity index is 2.20. The zero-order valence-corrected chi connectivity index (χ0v) is 9.34. The van der Waals surface area contributed by atoms with Crippen molar-refractivity contribution in [3.8, 4) is 11.6 Å². The minimum Gasteiger partial charge on any atom is -0.342 e. The Kier molecular flexibility index (Phi) is 3.00. The normalized spacial score (nSPS) is 14.9. The molecule has 0 radical (unpaired) electrons. The zero-order chi connectivity index (χ0) is 11.5. The van der Waals surface area contributed by atoms with Gasteiger partial charge >= 0.3 is 0 Å². The lowest BCUT2D eigenvalue weighted by molar-refractivity contribution is 0.340. The van der Waals surface area contributed by atoms with Gasteiger partial charge in [0, 0.05) is 18.4 Å². The summed E-state index contributed by atoms with van der Waals surface area (Å²) in [4.78, 5) is 11.2. The van der Waals surface area contributed by atoms with Crippen LogP contribution in [0.5, 0.6) is 0 Å². The largest absolute Gasteiger partial charge is 0.342 e. The summed E-state index contributed by atoms with van der Waals surface area (Å²) in [5, 5.41) is 3.86. The highest BCUT2D eigenvalue weighted by atomic mass is 16.5. The molecule has 2 unspecified atom stereocenters. The van der Waals surface area contributed by atoms with Gasteiger partial charge in [-0.2, -0.15) is 4.98 Å². The average molecular weight is 221 g/mol. The third-order valence-corrected chi connectivity index (χ3v) is 2.65. The van der Waals surface area contributed by atoms with Crippen LogP contribution in [0.2, 0.25) is 0 Å². The molecular formula is C10H15N5O. The van der Waals surface area contributed by atoms with E-state index >= 15 is 0 Å². The van der Waals surface area contributed by atoms with Crippen molar-refractivity contribution in [1.82, 2.24) is 20.1 Å². The highest BCUT2D eigenvalue weighted by Gasteiger charge is 2.20. The fourth-order valence-corrected chi connectivity index (χ4v) is 1.44. The highest BCUT2D eigenvalue weighted by Crippen LogP contribution is 2.20. The molecule has 0 saturated carbocycles. The molecule has 0 saturated heterocycles. The van der Waals surface area contributed by atoms with Gasteiger partial charge in [-0.1, -0.05) is 19.0 Å². The van der Waals surface area contributed by atoms with E-state index < -0.39 is 0 Å². The van der Waals surface area contributed by atoms with E-state index in [4.69, 9.17) is 10.3 Å². The monoisotopic (exact) mass is 221 g/mol. The highest BCUT2D eigenvalue weighted by molar-refractivity contribution is 5.40. The molecule has 86 valence electrons. The molecule has 2 heterocycles. The number of nitrogens with zero attached hydrogens (tertiary/aromatic N) is 3. The molecular weight excluding hydrogens is 206 g/mol. The van der Waals surface area contributed by atoms with Gasteiger partial charge in [-0.15, -0.1) is 0 Å². The fourth-order valence-electron chi connectivity index (χ4n) is 1.44.